The number of amides is 1. The molecule has 0 atom stereocenters. The first kappa shape index (κ1) is 15.0. The van der Waals surface area contributed by atoms with Crippen LogP contribution in [0.5, 0.6) is 5.75 Å². The van der Waals surface area contributed by atoms with Crippen LogP contribution in [0.15, 0.2) is 18.2 Å². The second kappa shape index (κ2) is 6.22. The molecule has 0 bridgehead atoms. The van der Waals surface area contributed by atoms with Crippen LogP contribution >= 0.6 is 0 Å². The van der Waals surface area contributed by atoms with E-state index in [2.05, 4.69) is 13.8 Å². The molecule has 0 saturated heterocycles. The molecule has 0 radical (unpaired) electrons. The number of carbonyl (C=O) groups is 2. The van der Waals surface area contributed by atoms with Gasteiger partial charge in [-0.1, -0.05) is 26.0 Å². The lowest BCUT2D eigenvalue weighted by atomic mass is 10.0. The van der Waals surface area contributed by atoms with E-state index in [1.54, 1.807) is 7.11 Å². The van der Waals surface area contributed by atoms with Gasteiger partial charge in [0, 0.05) is 19.2 Å². The van der Waals surface area contributed by atoms with E-state index in [1.807, 2.05) is 18.2 Å². The third-order valence-corrected chi connectivity index (χ3v) is 2.91. The van der Waals surface area contributed by atoms with Crippen LogP contribution in [0, 0.1) is 0 Å². The van der Waals surface area contributed by atoms with Crippen molar-refractivity contribution in [3.8, 4) is 5.75 Å². The van der Waals surface area contributed by atoms with Gasteiger partial charge >= 0.3 is 11.9 Å². The first-order valence-electron chi connectivity index (χ1n) is 6.02. The van der Waals surface area contributed by atoms with E-state index in [-0.39, 0.29) is 6.54 Å². The summed E-state index contributed by atoms with van der Waals surface area (Å²) in [4.78, 5) is 23.1. The molecule has 0 aliphatic rings. The van der Waals surface area contributed by atoms with E-state index >= 15 is 0 Å². The van der Waals surface area contributed by atoms with Crippen molar-refractivity contribution in [2.45, 2.75) is 26.3 Å². The molecule has 0 saturated carbocycles. The molecule has 0 aromatic heterocycles. The van der Waals surface area contributed by atoms with Gasteiger partial charge in [0.15, 0.2) is 0 Å². The Morgan fingerprint density at radius 3 is 2.47 bits per heavy atom. The molecule has 5 nitrogen and oxygen atoms in total. The fourth-order valence-corrected chi connectivity index (χ4v) is 1.74. The quantitative estimate of drug-likeness (QED) is 0.844. The number of carboxylic acids is 1. The number of aliphatic carboxylic acids is 1. The Hall–Kier alpha value is -2.04. The molecule has 1 amide bonds. The first-order valence-corrected chi connectivity index (χ1v) is 6.02. The highest BCUT2D eigenvalue weighted by Crippen LogP contribution is 2.25. The number of benzene rings is 1. The van der Waals surface area contributed by atoms with Crippen molar-refractivity contribution in [1.29, 1.82) is 0 Å². The van der Waals surface area contributed by atoms with Gasteiger partial charge in [-0.15, -0.1) is 0 Å². The maximum absolute atomic E-state index is 11.3. The summed E-state index contributed by atoms with van der Waals surface area (Å²) < 4.78 is 5.29. The van der Waals surface area contributed by atoms with Gasteiger partial charge < -0.3 is 14.7 Å². The predicted octanol–water partition coefficient (Wildman–Crippen LogP) is 1.86. The number of likely N-dealkylation sites (N-methyl/N-ethyl adjacent to an activating group) is 1. The van der Waals surface area contributed by atoms with Crippen LogP contribution in [0.2, 0.25) is 0 Å². The smallest absolute Gasteiger partial charge is 0.394 e. The average Bonchev–Trinajstić information content (AvgIpc) is 2.37. The van der Waals surface area contributed by atoms with Crippen molar-refractivity contribution in [3.63, 3.8) is 0 Å². The Bertz CT molecular complexity index is 482. The minimum absolute atomic E-state index is 0.201. The van der Waals surface area contributed by atoms with Gasteiger partial charge in [0.05, 0.1) is 7.11 Å². The van der Waals surface area contributed by atoms with Crippen molar-refractivity contribution in [1.82, 2.24) is 4.90 Å². The van der Waals surface area contributed by atoms with Gasteiger partial charge in [-0.2, -0.15) is 0 Å². The summed E-state index contributed by atoms with van der Waals surface area (Å²) in [5.41, 5.74) is 1.91. The summed E-state index contributed by atoms with van der Waals surface area (Å²) in [6.45, 7) is 4.36. The molecule has 0 aliphatic carbocycles. The monoisotopic (exact) mass is 265 g/mol. The predicted molar refractivity (Wildman–Crippen MR) is 71.2 cm³/mol. The summed E-state index contributed by atoms with van der Waals surface area (Å²) in [6, 6.07) is 5.74. The molecule has 5 heteroatoms. The van der Waals surface area contributed by atoms with Gasteiger partial charge in [0.1, 0.15) is 5.75 Å². The first-order chi connectivity index (χ1) is 8.86. The van der Waals surface area contributed by atoms with E-state index in [0.717, 1.165) is 16.0 Å². The topological polar surface area (TPSA) is 66.8 Å². The normalized spacial score (nSPS) is 10.4. The highest BCUT2D eigenvalue weighted by Gasteiger charge is 2.18. The molecule has 0 heterocycles. The molecule has 1 aromatic carbocycles. The molecule has 0 unspecified atom stereocenters. The number of ether oxygens (including phenoxy) is 1. The molecule has 1 aromatic rings. The molecule has 0 fully saturated rings. The van der Waals surface area contributed by atoms with Crippen molar-refractivity contribution >= 4 is 11.9 Å². The van der Waals surface area contributed by atoms with Crippen LogP contribution in [0.3, 0.4) is 0 Å². The second-order valence-corrected chi connectivity index (χ2v) is 4.69. The molecule has 19 heavy (non-hydrogen) atoms. The third-order valence-electron chi connectivity index (χ3n) is 2.91. The Labute approximate surface area is 112 Å². The highest BCUT2D eigenvalue weighted by molar-refractivity contribution is 6.31. The standard InChI is InChI=1S/C14H19NO4/c1-9(2)10-5-6-11(12(7-10)19-4)8-15(3)13(16)14(17)18/h5-7,9H,8H2,1-4H3,(H,17,18). The Kier molecular flexibility index (Phi) is 4.92. The lowest BCUT2D eigenvalue weighted by Gasteiger charge is -2.18. The number of nitrogens with zero attached hydrogens (tertiary/aromatic N) is 1. The number of hydrogen-bond donors (Lipinski definition) is 1. The van der Waals surface area contributed by atoms with Crippen molar-refractivity contribution in [2.75, 3.05) is 14.2 Å². The maximum Gasteiger partial charge on any atom is 0.394 e. The summed E-state index contributed by atoms with van der Waals surface area (Å²) >= 11 is 0. The van der Waals surface area contributed by atoms with Crippen molar-refractivity contribution in [3.05, 3.63) is 29.3 Å². The van der Waals surface area contributed by atoms with Crippen LogP contribution in [-0.2, 0) is 16.1 Å². The summed E-state index contributed by atoms with van der Waals surface area (Å²) in [5.74, 6) is -1.35. The molecule has 1 rings (SSSR count). The van der Waals surface area contributed by atoms with Crippen LogP contribution < -0.4 is 4.74 Å². The van der Waals surface area contributed by atoms with Crippen molar-refractivity contribution < 1.29 is 19.4 Å². The zero-order valence-corrected chi connectivity index (χ0v) is 11.6. The number of rotatable bonds is 4. The zero-order valence-electron chi connectivity index (χ0n) is 11.6. The van der Waals surface area contributed by atoms with Crippen LogP contribution in [0.1, 0.15) is 30.9 Å². The Morgan fingerprint density at radius 2 is 2.00 bits per heavy atom. The van der Waals surface area contributed by atoms with Crippen LogP contribution in [0.25, 0.3) is 0 Å². The fourth-order valence-electron chi connectivity index (χ4n) is 1.74. The van der Waals surface area contributed by atoms with Crippen LogP contribution in [0.4, 0.5) is 0 Å². The lowest BCUT2D eigenvalue weighted by molar-refractivity contribution is -0.155. The molecular formula is C14H19NO4. The second-order valence-electron chi connectivity index (χ2n) is 4.69. The number of hydrogen-bond acceptors (Lipinski definition) is 3. The van der Waals surface area contributed by atoms with Gasteiger partial charge in [-0.05, 0) is 17.5 Å². The van der Waals surface area contributed by atoms with E-state index in [1.165, 1.54) is 7.05 Å². The fraction of sp³-hybridized carbons (Fsp3) is 0.429. The summed E-state index contributed by atoms with van der Waals surface area (Å²) in [7, 11) is 3.01. The number of methoxy groups -OCH3 is 1. The maximum atomic E-state index is 11.3. The minimum Gasteiger partial charge on any atom is -0.496 e. The van der Waals surface area contributed by atoms with E-state index in [9.17, 15) is 9.59 Å². The lowest BCUT2D eigenvalue weighted by Crippen LogP contribution is -2.32. The summed E-state index contributed by atoms with van der Waals surface area (Å²) in [5, 5.41) is 8.65. The van der Waals surface area contributed by atoms with Crippen LogP contribution in [-0.4, -0.2) is 36.0 Å². The van der Waals surface area contributed by atoms with Gasteiger partial charge in [-0.3, -0.25) is 4.79 Å². The molecule has 104 valence electrons. The third kappa shape index (κ3) is 3.71. The highest BCUT2D eigenvalue weighted by atomic mass is 16.5. The van der Waals surface area contributed by atoms with Gasteiger partial charge in [0.2, 0.25) is 0 Å². The molecule has 0 spiro atoms. The number of carbonyl (C=O) groups excluding carboxylic acids is 1. The molecular weight excluding hydrogens is 246 g/mol. The summed E-state index contributed by atoms with van der Waals surface area (Å²) in [6.07, 6.45) is 0. The molecule has 1 N–H and O–H groups in total. The zero-order chi connectivity index (χ0) is 14.6. The van der Waals surface area contributed by atoms with Crippen molar-refractivity contribution in [2.24, 2.45) is 0 Å². The van der Waals surface area contributed by atoms with Gasteiger partial charge in [0.25, 0.3) is 0 Å². The van der Waals surface area contributed by atoms with E-state index in [4.69, 9.17) is 9.84 Å². The molecule has 0 aliphatic heterocycles. The number of carboxylic acid groups (broad SMARTS) is 1. The van der Waals surface area contributed by atoms with E-state index < -0.39 is 11.9 Å². The van der Waals surface area contributed by atoms with E-state index in [0.29, 0.717) is 11.7 Å². The Balaban J connectivity index is 2.95. The minimum atomic E-state index is -1.46. The SMILES string of the molecule is COc1cc(C(C)C)ccc1CN(C)C(=O)C(=O)O. The van der Waals surface area contributed by atoms with Gasteiger partial charge in [-0.25, -0.2) is 4.79 Å². The average molecular weight is 265 g/mol. The largest absolute Gasteiger partial charge is 0.496 e. The Morgan fingerprint density at radius 1 is 1.37 bits per heavy atom.